The van der Waals surface area contributed by atoms with Crippen molar-refractivity contribution in [1.82, 2.24) is 4.98 Å². The Hall–Kier alpha value is -4.90. The summed E-state index contributed by atoms with van der Waals surface area (Å²) in [7, 11) is 0. The first-order valence-corrected chi connectivity index (χ1v) is 17.8. The molecule has 17 heteroatoms. The van der Waals surface area contributed by atoms with Crippen molar-refractivity contribution in [3.8, 4) is 0 Å². The van der Waals surface area contributed by atoms with Crippen molar-refractivity contribution in [1.29, 1.82) is 0 Å². The van der Waals surface area contributed by atoms with Crippen LogP contribution in [0, 0.1) is 17.3 Å². The van der Waals surface area contributed by atoms with Gasteiger partial charge in [0.1, 0.15) is 17.8 Å². The highest BCUT2D eigenvalue weighted by Gasteiger charge is 2.81. The summed E-state index contributed by atoms with van der Waals surface area (Å²) >= 11 is 0. The van der Waals surface area contributed by atoms with Crippen LogP contribution in [0.2, 0.25) is 0 Å². The van der Waals surface area contributed by atoms with Gasteiger partial charge in [-0.25, -0.2) is 4.79 Å². The highest BCUT2D eigenvalue weighted by molar-refractivity contribution is 5.89. The van der Waals surface area contributed by atoms with Crippen molar-refractivity contribution < 1.29 is 76.2 Å². The van der Waals surface area contributed by atoms with Crippen LogP contribution in [-0.2, 0) is 71.4 Å². The third-order valence-corrected chi connectivity index (χ3v) is 10.7. The van der Waals surface area contributed by atoms with Crippen LogP contribution >= 0.6 is 0 Å². The largest absolute Gasteiger partial charge is 0.458 e. The van der Waals surface area contributed by atoms with E-state index in [9.17, 15) is 33.6 Å². The first-order chi connectivity index (χ1) is 25.6. The maximum absolute atomic E-state index is 13.8. The SMILES string of the molecule is CC(=O)O/C1=C(\C)[C@H]2O[C@@](C)([C@@H]3O[C@H]3C(C)(C)[C@@H](OC(C)=O)[C@H]1OC(C)=O)[C@@H](OC(C)=O)[C@]1(OC(C)=O)[C@@H]2[C@@H](OC(=O)c2cccnc2)[C@@H](C)[C@@H]1OC(C)=O. The van der Waals surface area contributed by atoms with E-state index >= 15 is 0 Å². The summed E-state index contributed by atoms with van der Waals surface area (Å²) in [6.45, 7) is 14.8. The van der Waals surface area contributed by atoms with Crippen LogP contribution < -0.4 is 0 Å². The first kappa shape index (κ1) is 41.3. The van der Waals surface area contributed by atoms with Crippen LogP contribution in [0.3, 0.4) is 0 Å². The maximum atomic E-state index is 13.8. The standard InChI is InChI=1S/C38H47NO16/c1-16-27-25-26(52-34(46)24-13-12-14-39-15-24)17(2)30(49-20(5)42)38(25,54-23(8)45)35(51-22(7)44)37(11,55-27)33-32(53-33)36(9,10)31(50-21(6)43)29(48-19(4)41)28(16)47-18(3)40/h12-15,17,25-27,29-33,35H,1-11H3/b28-16+/t17-,25-,26+,27-,29+,30+,31+,32-,33-,35-,37+,38+/m1/s1. The number of carbonyl (C=O) groups excluding carboxylic acids is 7. The molecule has 0 N–H and O–H groups in total. The van der Waals surface area contributed by atoms with Gasteiger partial charge in [0.05, 0.1) is 23.7 Å². The lowest BCUT2D eigenvalue weighted by atomic mass is 9.65. The summed E-state index contributed by atoms with van der Waals surface area (Å²) in [6.07, 6.45) is -8.02. The van der Waals surface area contributed by atoms with Crippen LogP contribution in [0.1, 0.15) is 86.5 Å². The lowest BCUT2D eigenvalue weighted by Crippen LogP contribution is -2.75. The van der Waals surface area contributed by atoms with E-state index in [-0.39, 0.29) is 16.9 Å². The third kappa shape index (κ3) is 7.43. The lowest BCUT2D eigenvalue weighted by Gasteiger charge is -2.57. The summed E-state index contributed by atoms with van der Waals surface area (Å²) in [4.78, 5) is 95.7. The zero-order valence-corrected chi connectivity index (χ0v) is 32.6. The fraction of sp³-hybridized carbons (Fsp3) is 0.632. The molecule has 0 spiro atoms. The second kappa shape index (κ2) is 15.0. The molecule has 1 aromatic heterocycles. The second-order valence-corrected chi connectivity index (χ2v) is 15.2. The first-order valence-electron chi connectivity index (χ1n) is 17.8. The topological polar surface area (TPSA) is 219 Å². The molecule has 55 heavy (non-hydrogen) atoms. The van der Waals surface area contributed by atoms with Crippen LogP contribution in [0.5, 0.6) is 0 Å². The molecule has 4 heterocycles. The Labute approximate surface area is 317 Å². The number of fused-ring (bicyclic) bond motifs is 6. The van der Waals surface area contributed by atoms with Gasteiger partial charge in [0, 0.05) is 65.3 Å². The molecule has 4 aliphatic rings. The molecule has 1 aromatic rings. The van der Waals surface area contributed by atoms with Crippen molar-refractivity contribution in [3.63, 3.8) is 0 Å². The predicted molar refractivity (Wildman–Crippen MR) is 183 cm³/mol. The molecule has 1 saturated carbocycles. The zero-order valence-electron chi connectivity index (χ0n) is 32.6. The predicted octanol–water partition coefficient (Wildman–Crippen LogP) is 2.70. The summed E-state index contributed by atoms with van der Waals surface area (Å²) in [5.41, 5.74) is -5.15. The summed E-state index contributed by atoms with van der Waals surface area (Å²) < 4.78 is 55.5. The van der Waals surface area contributed by atoms with Gasteiger partial charge < -0.3 is 42.6 Å². The smallest absolute Gasteiger partial charge is 0.340 e. The fourth-order valence-corrected chi connectivity index (χ4v) is 8.71. The molecule has 300 valence electrons. The average molecular weight is 774 g/mol. The fourth-order valence-electron chi connectivity index (χ4n) is 8.71. The molecular formula is C38H47NO16. The number of pyridine rings is 1. The van der Waals surface area contributed by atoms with E-state index in [1.807, 2.05) is 0 Å². The Morgan fingerprint density at radius 3 is 1.87 bits per heavy atom. The van der Waals surface area contributed by atoms with Crippen LogP contribution in [0.15, 0.2) is 35.9 Å². The van der Waals surface area contributed by atoms with E-state index in [1.165, 1.54) is 31.5 Å². The number of carbonyl (C=O) groups is 7. The van der Waals surface area contributed by atoms with Crippen molar-refractivity contribution in [3.05, 3.63) is 41.4 Å². The number of hydrogen-bond acceptors (Lipinski definition) is 17. The van der Waals surface area contributed by atoms with Crippen LogP contribution in [0.4, 0.5) is 0 Å². The van der Waals surface area contributed by atoms with Gasteiger partial charge in [-0.05, 0) is 31.6 Å². The molecule has 17 nitrogen and oxygen atoms in total. The van der Waals surface area contributed by atoms with Crippen molar-refractivity contribution in [2.75, 3.05) is 0 Å². The van der Waals surface area contributed by atoms with E-state index in [4.69, 9.17) is 42.6 Å². The Morgan fingerprint density at radius 2 is 1.35 bits per heavy atom. The number of aromatic nitrogens is 1. The molecular weight excluding hydrogens is 726 g/mol. The number of ether oxygens (including phenoxy) is 9. The summed E-state index contributed by atoms with van der Waals surface area (Å²) in [5, 5.41) is 0. The van der Waals surface area contributed by atoms with E-state index in [2.05, 4.69) is 4.98 Å². The molecule has 0 unspecified atom stereocenters. The number of hydrogen-bond donors (Lipinski definition) is 0. The highest BCUT2D eigenvalue weighted by Crippen LogP contribution is 2.62. The molecule has 0 amide bonds. The molecule has 12 atom stereocenters. The highest BCUT2D eigenvalue weighted by atomic mass is 16.7. The summed E-state index contributed by atoms with van der Waals surface area (Å²) in [5.74, 6) is -8.54. The summed E-state index contributed by atoms with van der Waals surface area (Å²) in [6, 6.07) is 2.99. The normalized spacial score (nSPS) is 37.1. The maximum Gasteiger partial charge on any atom is 0.340 e. The van der Waals surface area contributed by atoms with Gasteiger partial charge in [-0.1, -0.05) is 20.8 Å². The quantitative estimate of drug-likeness (QED) is 0.211. The van der Waals surface area contributed by atoms with Gasteiger partial charge in [-0.3, -0.25) is 33.8 Å². The Morgan fingerprint density at radius 1 is 0.745 bits per heavy atom. The van der Waals surface area contributed by atoms with E-state index in [0.717, 1.165) is 41.5 Å². The minimum Gasteiger partial charge on any atom is -0.458 e. The van der Waals surface area contributed by atoms with Crippen molar-refractivity contribution in [2.24, 2.45) is 17.3 Å². The number of esters is 7. The number of nitrogens with zero attached hydrogens (tertiary/aromatic N) is 1. The minimum atomic E-state index is -2.19. The molecule has 1 aliphatic carbocycles. The van der Waals surface area contributed by atoms with Crippen molar-refractivity contribution in [2.45, 2.75) is 136 Å². The Bertz CT molecular complexity index is 1790. The van der Waals surface area contributed by atoms with Crippen molar-refractivity contribution >= 4 is 41.8 Å². The number of rotatable bonds is 8. The van der Waals surface area contributed by atoms with E-state index in [0.29, 0.717) is 0 Å². The van der Waals surface area contributed by atoms with Gasteiger partial charge >= 0.3 is 41.8 Å². The molecule has 5 rings (SSSR count). The average Bonchev–Trinajstić information content (AvgIpc) is 3.87. The molecule has 3 fully saturated rings. The third-order valence-electron chi connectivity index (χ3n) is 10.7. The van der Waals surface area contributed by atoms with Gasteiger partial charge in [-0.15, -0.1) is 0 Å². The molecule has 0 aromatic carbocycles. The Kier molecular flexibility index (Phi) is 11.2. The monoisotopic (exact) mass is 773 g/mol. The van der Waals surface area contributed by atoms with E-state index < -0.39 is 119 Å². The van der Waals surface area contributed by atoms with Gasteiger partial charge in [0.25, 0.3) is 0 Å². The number of epoxide rings is 1. The minimum absolute atomic E-state index is 0.0423. The van der Waals surface area contributed by atoms with Gasteiger partial charge in [0.2, 0.25) is 0 Å². The van der Waals surface area contributed by atoms with E-state index in [1.54, 1.807) is 27.7 Å². The second-order valence-electron chi connectivity index (χ2n) is 15.2. The molecule has 2 bridgehead atoms. The van der Waals surface area contributed by atoms with Crippen LogP contribution in [0.25, 0.3) is 0 Å². The Balaban J connectivity index is 1.92. The van der Waals surface area contributed by atoms with Gasteiger partial charge in [0.15, 0.2) is 35.8 Å². The lowest BCUT2D eigenvalue weighted by molar-refractivity contribution is -0.308. The molecule has 0 radical (unpaired) electrons. The van der Waals surface area contributed by atoms with Crippen LogP contribution in [-0.4, -0.2) is 107 Å². The molecule has 2 saturated heterocycles. The zero-order chi connectivity index (χ0) is 40.9. The van der Waals surface area contributed by atoms with Gasteiger partial charge in [-0.2, -0.15) is 0 Å². The molecule has 3 aliphatic heterocycles.